The van der Waals surface area contributed by atoms with Crippen LogP contribution >= 0.6 is 15.9 Å². The number of aromatic nitrogens is 4. The van der Waals surface area contributed by atoms with Gasteiger partial charge in [-0.1, -0.05) is 0 Å². The number of hydrogen-bond donors (Lipinski definition) is 2. The molecule has 0 bridgehead atoms. The van der Waals surface area contributed by atoms with Crippen LogP contribution in [0.3, 0.4) is 0 Å². The minimum atomic E-state index is 0. The molecule has 9 heteroatoms. The van der Waals surface area contributed by atoms with Crippen LogP contribution in [0.15, 0.2) is 53.5 Å². The van der Waals surface area contributed by atoms with Crippen LogP contribution in [0.5, 0.6) is 0 Å². The zero-order valence-corrected chi connectivity index (χ0v) is 18.0. The van der Waals surface area contributed by atoms with Crippen LogP contribution in [0, 0.1) is 35.0 Å². The first kappa shape index (κ1) is 23.0. The average molecular weight is 458 g/mol. The fraction of sp³-hybridized carbons (Fsp3) is 0. The molecule has 0 amide bonds. The SMILES string of the molecule is Brc1cnc2[nH]ccc2c1.N#Cc1cnc2[nH]ccc2c1.[C-]#N.[C-]#N.[Zn+2]. The first-order valence-electron chi connectivity index (χ1n) is 6.63. The maximum Gasteiger partial charge on any atom is 2.00 e. The zero-order chi connectivity index (χ0) is 18.7. The number of hydrogen-bond acceptors (Lipinski definition) is 5. The number of nitriles is 1. The predicted molar refractivity (Wildman–Crippen MR) is 94.5 cm³/mol. The summed E-state index contributed by atoms with van der Waals surface area (Å²) in [7, 11) is 0. The minimum absolute atomic E-state index is 0. The number of nitrogens with one attached hydrogen (secondary N) is 2. The molecule has 4 heterocycles. The first-order valence-corrected chi connectivity index (χ1v) is 7.42. The second-order valence-electron chi connectivity index (χ2n) is 4.32. The molecular weight excluding hydrogens is 448 g/mol. The third-order valence-electron chi connectivity index (χ3n) is 2.90. The molecule has 0 aromatic carbocycles. The van der Waals surface area contributed by atoms with Crippen molar-refractivity contribution in [3.05, 3.63) is 72.2 Å². The van der Waals surface area contributed by atoms with Gasteiger partial charge in [-0.25, -0.2) is 9.97 Å². The van der Waals surface area contributed by atoms with Gasteiger partial charge in [-0.15, -0.1) is 0 Å². The van der Waals surface area contributed by atoms with Crippen molar-refractivity contribution in [1.29, 1.82) is 15.8 Å². The van der Waals surface area contributed by atoms with Crippen LogP contribution < -0.4 is 0 Å². The third kappa shape index (κ3) is 6.11. The van der Waals surface area contributed by atoms with Gasteiger partial charge in [-0.05, 0) is 40.2 Å². The fourth-order valence-electron chi connectivity index (χ4n) is 1.91. The second kappa shape index (κ2) is 12.3. The summed E-state index contributed by atoms with van der Waals surface area (Å²) in [5, 5.41) is 23.1. The van der Waals surface area contributed by atoms with Crippen molar-refractivity contribution in [2.24, 2.45) is 0 Å². The van der Waals surface area contributed by atoms with Gasteiger partial charge < -0.3 is 33.6 Å². The Labute approximate surface area is 171 Å². The van der Waals surface area contributed by atoms with E-state index in [1.807, 2.05) is 30.5 Å². The van der Waals surface area contributed by atoms with Crippen molar-refractivity contribution in [3.8, 4) is 6.07 Å². The number of rotatable bonds is 0. The predicted octanol–water partition coefficient (Wildman–Crippen LogP) is 3.95. The second-order valence-corrected chi connectivity index (χ2v) is 5.24. The van der Waals surface area contributed by atoms with Crippen LogP contribution in [0.4, 0.5) is 0 Å². The van der Waals surface area contributed by atoms with Crippen LogP contribution in [-0.2, 0) is 19.5 Å². The van der Waals surface area contributed by atoms with Crippen LogP contribution in [0.2, 0.25) is 0 Å². The summed E-state index contributed by atoms with van der Waals surface area (Å²) in [4.78, 5) is 14.1. The molecule has 26 heavy (non-hydrogen) atoms. The van der Waals surface area contributed by atoms with Gasteiger partial charge in [-0.3, -0.25) is 0 Å². The van der Waals surface area contributed by atoms with E-state index in [0.29, 0.717) is 5.56 Å². The van der Waals surface area contributed by atoms with Gasteiger partial charge >= 0.3 is 19.5 Å². The van der Waals surface area contributed by atoms with E-state index in [9.17, 15) is 0 Å². The summed E-state index contributed by atoms with van der Waals surface area (Å²) in [6.07, 6.45) is 7.01. The molecule has 0 spiro atoms. The molecule has 0 unspecified atom stereocenters. The summed E-state index contributed by atoms with van der Waals surface area (Å²) in [6.45, 7) is 9.50. The van der Waals surface area contributed by atoms with E-state index in [0.717, 1.165) is 26.5 Å². The van der Waals surface area contributed by atoms with Crippen molar-refractivity contribution in [3.63, 3.8) is 0 Å². The maximum absolute atomic E-state index is 8.53. The zero-order valence-electron chi connectivity index (χ0n) is 13.4. The molecule has 7 nitrogen and oxygen atoms in total. The van der Waals surface area contributed by atoms with Crippen molar-refractivity contribution in [1.82, 2.24) is 19.9 Å². The molecule has 0 radical (unpaired) electrons. The molecule has 0 atom stereocenters. The monoisotopic (exact) mass is 455 g/mol. The quantitative estimate of drug-likeness (QED) is 0.305. The van der Waals surface area contributed by atoms with Crippen molar-refractivity contribution >= 4 is 38.0 Å². The van der Waals surface area contributed by atoms with Gasteiger partial charge in [0.1, 0.15) is 17.4 Å². The van der Waals surface area contributed by atoms with Gasteiger partial charge in [-0.2, -0.15) is 5.26 Å². The normalized spacial score (nSPS) is 8.31. The van der Waals surface area contributed by atoms with Gasteiger partial charge in [0.05, 0.1) is 5.56 Å². The number of H-pyrrole nitrogens is 2. The summed E-state index contributed by atoms with van der Waals surface area (Å²) in [5.41, 5.74) is 2.35. The Balaban J connectivity index is 0.000000393. The Kier molecular flexibility index (Phi) is 10.9. The van der Waals surface area contributed by atoms with Gasteiger partial charge in [0, 0.05) is 40.0 Å². The van der Waals surface area contributed by atoms with E-state index >= 15 is 0 Å². The van der Waals surface area contributed by atoms with E-state index in [4.69, 9.17) is 28.9 Å². The Morgan fingerprint density at radius 2 is 1.38 bits per heavy atom. The molecule has 0 fully saturated rings. The Morgan fingerprint density at radius 3 is 1.92 bits per heavy atom. The third-order valence-corrected chi connectivity index (χ3v) is 3.33. The van der Waals surface area contributed by atoms with E-state index in [-0.39, 0.29) is 19.5 Å². The summed E-state index contributed by atoms with van der Waals surface area (Å²) < 4.78 is 1.01. The van der Waals surface area contributed by atoms with E-state index in [1.165, 1.54) is 0 Å². The maximum atomic E-state index is 8.53. The summed E-state index contributed by atoms with van der Waals surface area (Å²) in [6, 6.07) is 9.75. The molecule has 4 rings (SSSR count). The molecule has 122 valence electrons. The molecule has 0 saturated heterocycles. The molecule has 0 saturated carbocycles. The van der Waals surface area contributed by atoms with Crippen molar-refractivity contribution < 1.29 is 19.5 Å². The molecule has 2 N–H and O–H groups in total. The standard InChI is InChI=1S/C8H5N3.C7H5BrN2.2CN.Zn/c9-4-6-3-7-1-2-10-8(7)11-5-6;8-6-3-5-1-2-9-7(5)10-4-6;2*1-2;/h1-3,5H,(H,10,11);1-4H,(H,9,10);;;/q;;2*-1;+2. The van der Waals surface area contributed by atoms with Gasteiger partial charge in [0.2, 0.25) is 0 Å². The summed E-state index contributed by atoms with van der Waals surface area (Å²) in [5.74, 6) is 0. The smallest absolute Gasteiger partial charge is 0.512 e. The topological polar surface area (TPSA) is 129 Å². The molecule has 0 aliphatic carbocycles. The van der Waals surface area contributed by atoms with Crippen molar-refractivity contribution in [2.45, 2.75) is 0 Å². The minimum Gasteiger partial charge on any atom is -0.512 e. The average Bonchev–Trinajstić information content (AvgIpc) is 3.33. The fourth-order valence-corrected chi connectivity index (χ4v) is 2.26. The number of aromatic amines is 2. The largest absolute Gasteiger partial charge is 2.00 e. The Morgan fingerprint density at radius 1 is 0.885 bits per heavy atom. The molecule has 0 aliphatic heterocycles. The van der Waals surface area contributed by atoms with Crippen LogP contribution in [0.1, 0.15) is 5.56 Å². The van der Waals surface area contributed by atoms with E-state index < -0.39 is 0 Å². The van der Waals surface area contributed by atoms with Gasteiger partial charge in [0.15, 0.2) is 0 Å². The summed E-state index contributed by atoms with van der Waals surface area (Å²) >= 11 is 3.34. The van der Waals surface area contributed by atoms with Crippen LogP contribution in [-0.4, -0.2) is 19.9 Å². The van der Waals surface area contributed by atoms with Gasteiger partial charge in [0.25, 0.3) is 0 Å². The van der Waals surface area contributed by atoms with Crippen molar-refractivity contribution in [2.75, 3.05) is 0 Å². The van der Waals surface area contributed by atoms with E-state index in [2.05, 4.69) is 35.9 Å². The number of fused-ring (bicyclic) bond motifs is 2. The van der Waals surface area contributed by atoms with E-state index in [1.54, 1.807) is 24.7 Å². The molecule has 0 aliphatic rings. The number of pyridine rings is 2. The Bertz CT molecular complexity index is 1020. The molecular formula is C17H10BrN7Zn. The van der Waals surface area contributed by atoms with Crippen LogP contribution in [0.25, 0.3) is 22.1 Å². The number of halogens is 1. The first-order chi connectivity index (χ1) is 12.3. The Hall–Kier alpha value is -3.05. The number of nitrogens with zero attached hydrogens (tertiary/aromatic N) is 5. The molecule has 4 aromatic rings. The molecule has 4 aromatic heterocycles.